The highest BCUT2D eigenvalue weighted by atomic mass is 35.5. The van der Waals surface area contributed by atoms with Gasteiger partial charge in [-0.15, -0.1) is 11.6 Å². The Hall–Kier alpha value is -2.06. The lowest BCUT2D eigenvalue weighted by molar-refractivity contribution is -0.143. The van der Waals surface area contributed by atoms with Gasteiger partial charge in [0.05, 0.1) is 35.2 Å². The number of imidazole rings is 1. The average molecular weight is 278 g/mol. The molecule has 0 N–H and O–H groups in total. The van der Waals surface area contributed by atoms with E-state index in [0.29, 0.717) is 29.0 Å². The quantitative estimate of drug-likeness (QED) is 0.635. The predicted molar refractivity (Wildman–Crippen MR) is 70.6 cm³/mol. The van der Waals surface area contributed by atoms with Crippen molar-refractivity contribution < 1.29 is 9.53 Å². The van der Waals surface area contributed by atoms with Crippen LogP contribution >= 0.6 is 11.6 Å². The fraction of sp³-hybridized carbons (Fsp3) is 0.308. The van der Waals surface area contributed by atoms with Crippen molar-refractivity contribution in [2.75, 3.05) is 6.61 Å². The van der Waals surface area contributed by atoms with Gasteiger partial charge >= 0.3 is 5.97 Å². The van der Waals surface area contributed by atoms with Gasteiger partial charge in [0.25, 0.3) is 0 Å². The van der Waals surface area contributed by atoms with Crippen molar-refractivity contribution in [2.24, 2.45) is 0 Å². The molecule has 0 radical (unpaired) electrons. The molecule has 0 aliphatic carbocycles. The number of hydrogen-bond acceptors (Lipinski definition) is 4. The van der Waals surface area contributed by atoms with E-state index in [9.17, 15) is 4.79 Å². The molecular weight excluding hydrogens is 266 g/mol. The first kappa shape index (κ1) is 13.4. The van der Waals surface area contributed by atoms with Crippen LogP contribution in [0.5, 0.6) is 0 Å². The molecular formula is C13H12ClN3O2. The molecule has 5 nitrogen and oxygen atoms in total. The molecule has 98 valence electrons. The average Bonchev–Trinajstić information content (AvgIpc) is 2.76. The standard InChI is InChI=1S/C13H12ClN3O2/c1-2-19-13(18)8-17-11-5-9(7-15)3-4-10(11)16-12(17)6-14/h3-5H,2,6,8H2,1H3. The maximum Gasteiger partial charge on any atom is 0.326 e. The summed E-state index contributed by atoms with van der Waals surface area (Å²) in [4.78, 5) is 15.9. The van der Waals surface area contributed by atoms with E-state index in [1.807, 2.05) is 0 Å². The lowest BCUT2D eigenvalue weighted by Crippen LogP contribution is -2.15. The Morgan fingerprint density at radius 1 is 1.58 bits per heavy atom. The third kappa shape index (κ3) is 2.69. The van der Waals surface area contributed by atoms with Gasteiger partial charge in [-0.2, -0.15) is 5.26 Å². The molecule has 1 heterocycles. The number of esters is 1. The first-order valence-electron chi connectivity index (χ1n) is 5.80. The van der Waals surface area contributed by atoms with Crippen molar-refractivity contribution in [1.29, 1.82) is 5.26 Å². The van der Waals surface area contributed by atoms with Crippen LogP contribution in [-0.4, -0.2) is 22.1 Å². The van der Waals surface area contributed by atoms with E-state index in [1.165, 1.54) is 0 Å². The van der Waals surface area contributed by atoms with Crippen LogP contribution in [-0.2, 0) is 22.0 Å². The molecule has 0 spiro atoms. The molecule has 0 atom stereocenters. The van der Waals surface area contributed by atoms with Crippen molar-refractivity contribution in [2.45, 2.75) is 19.3 Å². The van der Waals surface area contributed by atoms with Gasteiger partial charge in [-0.25, -0.2) is 4.98 Å². The van der Waals surface area contributed by atoms with E-state index in [-0.39, 0.29) is 18.4 Å². The maximum atomic E-state index is 11.6. The molecule has 0 bridgehead atoms. The summed E-state index contributed by atoms with van der Waals surface area (Å²) in [5.74, 6) is 0.422. The van der Waals surface area contributed by atoms with Crippen molar-refractivity contribution in [1.82, 2.24) is 9.55 Å². The smallest absolute Gasteiger partial charge is 0.326 e. The molecule has 19 heavy (non-hydrogen) atoms. The van der Waals surface area contributed by atoms with Crippen LogP contribution in [0.3, 0.4) is 0 Å². The monoisotopic (exact) mass is 277 g/mol. The van der Waals surface area contributed by atoms with E-state index < -0.39 is 0 Å². The van der Waals surface area contributed by atoms with Gasteiger partial charge < -0.3 is 9.30 Å². The van der Waals surface area contributed by atoms with Gasteiger partial charge in [-0.05, 0) is 25.1 Å². The second-order valence-electron chi connectivity index (χ2n) is 3.87. The first-order chi connectivity index (χ1) is 9.19. The normalized spacial score (nSPS) is 10.4. The Bertz CT molecular complexity index is 658. The van der Waals surface area contributed by atoms with Gasteiger partial charge in [0, 0.05) is 0 Å². The van der Waals surface area contributed by atoms with Crippen LogP contribution < -0.4 is 0 Å². The van der Waals surface area contributed by atoms with Gasteiger partial charge in [0.2, 0.25) is 0 Å². The number of nitrogens with zero attached hydrogens (tertiary/aromatic N) is 3. The number of nitriles is 1. The van der Waals surface area contributed by atoms with Crippen molar-refractivity contribution >= 4 is 28.6 Å². The van der Waals surface area contributed by atoms with Crippen LogP contribution in [0, 0.1) is 11.3 Å². The van der Waals surface area contributed by atoms with Crippen LogP contribution in [0.15, 0.2) is 18.2 Å². The van der Waals surface area contributed by atoms with E-state index in [0.717, 1.165) is 0 Å². The zero-order chi connectivity index (χ0) is 13.8. The number of rotatable bonds is 4. The summed E-state index contributed by atoms with van der Waals surface area (Å²) in [5, 5.41) is 8.92. The molecule has 0 saturated carbocycles. The Labute approximate surface area is 115 Å². The SMILES string of the molecule is CCOC(=O)Cn1c(CCl)nc2ccc(C#N)cc21. The maximum absolute atomic E-state index is 11.6. The first-order valence-corrected chi connectivity index (χ1v) is 6.34. The highest BCUT2D eigenvalue weighted by molar-refractivity contribution is 6.16. The van der Waals surface area contributed by atoms with Crippen LogP contribution in [0.1, 0.15) is 18.3 Å². The van der Waals surface area contributed by atoms with Gasteiger partial charge in [-0.1, -0.05) is 0 Å². The predicted octanol–water partition coefficient (Wildman–Crippen LogP) is 2.21. The van der Waals surface area contributed by atoms with E-state index in [2.05, 4.69) is 11.1 Å². The molecule has 2 rings (SSSR count). The Morgan fingerprint density at radius 2 is 2.37 bits per heavy atom. The van der Waals surface area contributed by atoms with Gasteiger partial charge in [0.1, 0.15) is 12.4 Å². The molecule has 1 aromatic carbocycles. The summed E-state index contributed by atoms with van der Waals surface area (Å²) in [5.41, 5.74) is 1.93. The van der Waals surface area contributed by atoms with Crippen LogP contribution in [0.2, 0.25) is 0 Å². The number of fused-ring (bicyclic) bond motifs is 1. The highest BCUT2D eigenvalue weighted by Crippen LogP contribution is 2.19. The summed E-state index contributed by atoms with van der Waals surface area (Å²) in [6.07, 6.45) is 0. The van der Waals surface area contributed by atoms with Crippen molar-refractivity contribution in [3.8, 4) is 6.07 Å². The number of ether oxygens (including phenoxy) is 1. The molecule has 2 aromatic rings. The molecule has 0 aliphatic heterocycles. The van der Waals surface area contributed by atoms with E-state index in [4.69, 9.17) is 21.6 Å². The summed E-state index contributed by atoms with van der Waals surface area (Å²) < 4.78 is 6.61. The van der Waals surface area contributed by atoms with Crippen molar-refractivity contribution in [3.63, 3.8) is 0 Å². The second-order valence-corrected chi connectivity index (χ2v) is 4.14. The van der Waals surface area contributed by atoms with Gasteiger partial charge in [-0.3, -0.25) is 4.79 Å². The molecule has 0 aliphatic rings. The number of benzene rings is 1. The third-order valence-corrected chi connectivity index (χ3v) is 2.91. The summed E-state index contributed by atoms with van der Waals surface area (Å²) in [6.45, 7) is 2.12. The fourth-order valence-corrected chi connectivity index (χ4v) is 2.06. The summed E-state index contributed by atoms with van der Waals surface area (Å²) in [6, 6.07) is 7.18. The van der Waals surface area contributed by atoms with Crippen LogP contribution in [0.25, 0.3) is 11.0 Å². The minimum atomic E-state index is -0.351. The third-order valence-electron chi connectivity index (χ3n) is 2.67. The number of halogens is 1. The molecule has 6 heteroatoms. The number of alkyl halides is 1. The number of hydrogen-bond donors (Lipinski definition) is 0. The number of carbonyl (C=O) groups excluding carboxylic acids is 1. The Morgan fingerprint density at radius 3 is 3.00 bits per heavy atom. The summed E-state index contributed by atoms with van der Waals surface area (Å²) in [7, 11) is 0. The lowest BCUT2D eigenvalue weighted by atomic mass is 10.2. The molecule has 0 amide bonds. The Balaban J connectivity index is 2.49. The van der Waals surface area contributed by atoms with E-state index >= 15 is 0 Å². The lowest BCUT2D eigenvalue weighted by Gasteiger charge is -2.07. The zero-order valence-corrected chi connectivity index (χ0v) is 11.1. The highest BCUT2D eigenvalue weighted by Gasteiger charge is 2.14. The Kier molecular flexibility index (Phi) is 4.03. The minimum absolute atomic E-state index is 0.0429. The molecule has 0 unspecified atom stereocenters. The van der Waals surface area contributed by atoms with Crippen molar-refractivity contribution in [3.05, 3.63) is 29.6 Å². The topological polar surface area (TPSA) is 67.9 Å². The largest absolute Gasteiger partial charge is 0.465 e. The number of aromatic nitrogens is 2. The minimum Gasteiger partial charge on any atom is -0.465 e. The van der Waals surface area contributed by atoms with Crippen LogP contribution in [0.4, 0.5) is 0 Å². The molecule has 0 fully saturated rings. The van der Waals surface area contributed by atoms with E-state index in [1.54, 1.807) is 29.7 Å². The number of carbonyl (C=O) groups is 1. The molecule has 1 aromatic heterocycles. The second kappa shape index (κ2) is 5.72. The van der Waals surface area contributed by atoms with Gasteiger partial charge in [0.15, 0.2) is 0 Å². The fourth-order valence-electron chi connectivity index (χ4n) is 1.86. The summed E-state index contributed by atoms with van der Waals surface area (Å²) >= 11 is 5.84. The molecule has 0 saturated heterocycles. The zero-order valence-electron chi connectivity index (χ0n) is 10.4.